The van der Waals surface area contributed by atoms with Gasteiger partial charge in [0.05, 0.1) is 33.8 Å². The Kier molecular flexibility index (Phi) is 8.60. The summed E-state index contributed by atoms with van der Waals surface area (Å²) in [7, 11) is 6.20. The number of fused-ring (bicyclic) bond motifs is 1. The smallest absolute Gasteiger partial charge is 0.260 e. The Morgan fingerprint density at radius 3 is 2.18 bits per heavy atom. The van der Waals surface area contributed by atoms with E-state index in [1.807, 2.05) is 18.2 Å². The quantitative estimate of drug-likeness (QED) is 0.298. The van der Waals surface area contributed by atoms with Gasteiger partial charge in [-0.3, -0.25) is 9.59 Å². The van der Waals surface area contributed by atoms with Crippen molar-refractivity contribution in [2.45, 2.75) is 19.4 Å². The topological polar surface area (TPSA) is 105 Å². The fraction of sp³-hybridized carbons (Fsp3) is 0.267. The van der Waals surface area contributed by atoms with E-state index in [1.165, 1.54) is 14.2 Å². The molecule has 0 aliphatic heterocycles. The van der Waals surface area contributed by atoms with Gasteiger partial charge >= 0.3 is 0 Å². The van der Waals surface area contributed by atoms with Gasteiger partial charge in [-0.1, -0.05) is 18.2 Å². The van der Waals surface area contributed by atoms with Crippen LogP contribution in [0, 0.1) is 0 Å². The van der Waals surface area contributed by atoms with Crippen molar-refractivity contribution >= 4 is 16.9 Å². The van der Waals surface area contributed by atoms with Crippen LogP contribution in [0.3, 0.4) is 0 Å². The number of nitrogens with one attached hydrogen (secondary N) is 1. The van der Waals surface area contributed by atoms with Gasteiger partial charge in [-0.15, -0.1) is 0 Å². The van der Waals surface area contributed by atoms with E-state index in [2.05, 4.69) is 5.32 Å². The Hall–Kier alpha value is -4.66. The number of hydrogen-bond acceptors (Lipinski definition) is 8. The van der Waals surface area contributed by atoms with Crippen molar-refractivity contribution in [3.05, 3.63) is 76.5 Å². The number of hydrogen-bond donors (Lipinski definition) is 1. The van der Waals surface area contributed by atoms with E-state index in [4.69, 9.17) is 28.1 Å². The molecule has 0 saturated carbocycles. The highest BCUT2D eigenvalue weighted by atomic mass is 16.5. The van der Waals surface area contributed by atoms with Gasteiger partial charge in [0.1, 0.15) is 5.58 Å². The molecule has 1 heterocycles. The molecule has 204 valence electrons. The standard InChI is InChI=1S/C30H31NO8/c1-18(30(33)31-15-14-19-10-12-23(34-2)25(16-19)36-4)38-29-27(32)21-8-6-7-9-22(21)39-28(29)20-11-13-24(35-3)26(17-20)37-5/h6-13,16-18H,14-15H2,1-5H3,(H,31,33). The predicted octanol–water partition coefficient (Wildman–Crippen LogP) is 4.62. The minimum atomic E-state index is -0.974. The molecule has 9 heteroatoms. The molecule has 3 aromatic carbocycles. The normalized spacial score (nSPS) is 11.5. The molecule has 1 N–H and O–H groups in total. The van der Waals surface area contributed by atoms with Crippen molar-refractivity contribution in [2.24, 2.45) is 0 Å². The summed E-state index contributed by atoms with van der Waals surface area (Å²) in [6.45, 7) is 1.94. The molecule has 4 rings (SSSR count). The second-order valence-electron chi connectivity index (χ2n) is 8.65. The molecule has 1 amide bonds. The summed E-state index contributed by atoms with van der Waals surface area (Å²) in [5, 5.41) is 3.21. The highest BCUT2D eigenvalue weighted by Crippen LogP contribution is 2.37. The number of methoxy groups -OCH3 is 4. The highest BCUT2D eigenvalue weighted by Gasteiger charge is 2.23. The number of rotatable bonds is 11. The van der Waals surface area contributed by atoms with Crippen molar-refractivity contribution in [3.63, 3.8) is 0 Å². The van der Waals surface area contributed by atoms with E-state index < -0.39 is 6.10 Å². The number of amides is 1. The molecular formula is C30H31NO8. The number of para-hydroxylation sites is 1. The van der Waals surface area contributed by atoms with E-state index in [-0.39, 0.29) is 22.8 Å². The maximum atomic E-state index is 13.5. The zero-order valence-electron chi connectivity index (χ0n) is 22.5. The monoisotopic (exact) mass is 533 g/mol. The van der Waals surface area contributed by atoms with Crippen LogP contribution in [0.5, 0.6) is 28.7 Å². The van der Waals surface area contributed by atoms with Gasteiger partial charge in [0, 0.05) is 12.1 Å². The van der Waals surface area contributed by atoms with Gasteiger partial charge in [0.2, 0.25) is 11.2 Å². The maximum Gasteiger partial charge on any atom is 0.260 e. The molecule has 0 spiro atoms. The van der Waals surface area contributed by atoms with Crippen LogP contribution >= 0.6 is 0 Å². The Bertz CT molecular complexity index is 1530. The van der Waals surface area contributed by atoms with Crippen molar-refractivity contribution in [2.75, 3.05) is 35.0 Å². The van der Waals surface area contributed by atoms with Crippen molar-refractivity contribution in [1.82, 2.24) is 5.32 Å². The zero-order chi connectivity index (χ0) is 27.9. The van der Waals surface area contributed by atoms with Gasteiger partial charge in [0.25, 0.3) is 5.91 Å². The lowest BCUT2D eigenvalue weighted by molar-refractivity contribution is -0.127. The number of benzene rings is 3. The minimum Gasteiger partial charge on any atom is -0.493 e. The second kappa shape index (κ2) is 12.3. The van der Waals surface area contributed by atoms with Crippen LogP contribution in [-0.2, 0) is 11.2 Å². The first kappa shape index (κ1) is 27.4. The molecule has 1 unspecified atom stereocenters. The van der Waals surface area contributed by atoms with E-state index in [0.717, 1.165) is 5.56 Å². The summed E-state index contributed by atoms with van der Waals surface area (Å²) >= 11 is 0. The lowest BCUT2D eigenvalue weighted by Crippen LogP contribution is -2.38. The van der Waals surface area contributed by atoms with Crippen LogP contribution in [0.25, 0.3) is 22.3 Å². The summed E-state index contributed by atoms with van der Waals surface area (Å²) in [5.74, 6) is 1.97. The number of carbonyl (C=O) groups excluding carboxylic acids is 1. The summed E-state index contributed by atoms with van der Waals surface area (Å²) in [4.78, 5) is 26.4. The molecule has 1 aromatic heterocycles. The van der Waals surface area contributed by atoms with Crippen LogP contribution in [0.4, 0.5) is 0 Å². The highest BCUT2D eigenvalue weighted by molar-refractivity contribution is 5.84. The molecule has 0 radical (unpaired) electrons. The van der Waals surface area contributed by atoms with Gasteiger partial charge in [-0.05, 0) is 61.4 Å². The van der Waals surface area contributed by atoms with Crippen LogP contribution in [0.15, 0.2) is 69.9 Å². The third-order valence-electron chi connectivity index (χ3n) is 6.23. The third-order valence-corrected chi connectivity index (χ3v) is 6.23. The van der Waals surface area contributed by atoms with E-state index >= 15 is 0 Å². The van der Waals surface area contributed by atoms with Gasteiger partial charge < -0.3 is 33.4 Å². The van der Waals surface area contributed by atoms with E-state index in [9.17, 15) is 9.59 Å². The lowest BCUT2D eigenvalue weighted by atomic mass is 10.1. The first-order valence-electron chi connectivity index (χ1n) is 12.3. The number of carbonyl (C=O) groups is 1. The summed E-state index contributed by atoms with van der Waals surface area (Å²) < 4.78 is 33.4. The molecule has 0 fully saturated rings. The van der Waals surface area contributed by atoms with Crippen molar-refractivity contribution in [3.8, 4) is 40.1 Å². The fourth-order valence-electron chi connectivity index (χ4n) is 4.14. The molecule has 0 bridgehead atoms. The Morgan fingerprint density at radius 1 is 0.846 bits per heavy atom. The molecule has 9 nitrogen and oxygen atoms in total. The minimum absolute atomic E-state index is 0.0662. The lowest BCUT2D eigenvalue weighted by Gasteiger charge is -2.17. The van der Waals surface area contributed by atoms with Gasteiger partial charge in [-0.2, -0.15) is 0 Å². The SMILES string of the molecule is COc1ccc(CCNC(=O)C(C)Oc2c(-c3ccc(OC)c(OC)c3)oc3ccccc3c2=O)cc1OC. The Morgan fingerprint density at radius 2 is 1.49 bits per heavy atom. The Balaban J connectivity index is 1.57. The van der Waals surface area contributed by atoms with Crippen LogP contribution in [-0.4, -0.2) is 47.0 Å². The first-order valence-corrected chi connectivity index (χ1v) is 12.3. The second-order valence-corrected chi connectivity index (χ2v) is 8.65. The van der Waals surface area contributed by atoms with Crippen molar-refractivity contribution in [1.29, 1.82) is 0 Å². The van der Waals surface area contributed by atoms with Gasteiger partial charge in [0.15, 0.2) is 34.9 Å². The summed E-state index contributed by atoms with van der Waals surface area (Å²) in [6.07, 6.45) is -0.410. The first-order chi connectivity index (χ1) is 18.9. The fourth-order valence-corrected chi connectivity index (χ4v) is 4.14. The maximum absolute atomic E-state index is 13.5. The van der Waals surface area contributed by atoms with Crippen LogP contribution in [0.2, 0.25) is 0 Å². The average Bonchev–Trinajstić information content (AvgIpc) is 2.97. The molecule has 0 aliphatic rings. The van der Waals surface area contributed by atoms with Gasteiger partial charge in [-0.25, -0.2) is 0 Å². The molecule has 0 saturated heterocycles. The average molecular weight is 534 g/mol. The van der Waals surface area contributed by atoms with Crippen molar-refractivity contribution < 1.29 is 32.9 Å². The van der Waals surface area contributed by atoms with E-state index in [1.54, 1.807) is 63.6 Å². The Labute approximate surface area is 226 Å². The largest absolute Gasteiger partial charge is 0.493 e. The summed E-state index contributed by atoms with van der Waals surface area (Å²) in [5.41, 5.74) is 1.51. The molecule has 0 aliphatic carbocycles. The predicted molar refractivity (Wildman–Crippen MR) is 147 cm³/mol. The van der Waals surface area contributed by atoms with Crippen LogP contribution in [0.1, 0.15) is 12.5 Å². The molecular weight excluding hydrogens is 502 g/mol. The zero-order valence-corrected chi connectivity index (χ0v) is 22.5. The van der Waals surface area contributed by atoms with Crippen LogP contribution < -0.4 is 34.4 Å². The molecule has 1 atom stereocenters. The molecule has 39 heavy (non-hydrogen) atoms. The third kappa shape index (κ3) is 5.93. The number of ether oxygens (including phenoxy) is 5. The summed E-state index contributed by atoms with van der Waals surface area (Å²) in [6, 6.07) is 17.6. The molecule has 4 aromatic rings. The van der Waals surface area contributed by atoms with E-state index in [0.29, 0.717) is 52.5 Å².